The Hall–Kier alpha value is -5.00. The fourth-order valence-electron chi connectivity index (χ4n) is 5.34. The molecule has 0 unspecified atom stereocenters. The van der Waals surface area contributed by atoms with E-state index in [-0.39, 0.29) is 22.7 Å². The predicted octanol–water partition coefficient (Wildman–Crippen LogP) is 3.78. The van der Waals surface area contributed by atoms with Crippen LogP contribution in [0.15, 0.2) is 55.0 Å². The van der Waals surface area contributed by atoms with Crippen molar-refractivity contribution >= 4 is 23.1 Å². The number of nitrogens with one attached hydrogen (secondary N) is 1. The molecule has 1 aliphatic rings. The number of amides is 2. The molecule has 0 aliphatic carbocycles. The Kier molecular flexibility index (Phi) is 8.27. The van der Waals surface area contributed by atoms with Crippen molar-refractivity contribution in [2.45, 2.75) is 30.2 Å². The molecule has 5 rings (SSSR count). The van der Waals surface area contributed by atoms with Gasteiger partial charge in [-0.05, 0) is 12.1 Å². The van der Waals surface area contributed by atoms with E-state index in [1.807, 2.05) is 0 Å². The van der Waals surface area contributed by atoms with Crippen LogP contribution < -0.4 is 15.8 Å². The van der Waals surface area contributed by atoms with Gasteiger partial charge >= 0.3 is 12.4 Å². The summed E-state index contributed by atoms with van der Waals surface area (Å²) in [4.78, 5) is 34.9. The molecule has 4 aromatic rings. The standard InChI is InChI=1S/C28H24F7N7O4/c1-45-24-16(8-14(10-37-24)20-9-17(27(30,31)32)21-22(36)38-13-39-42(20)21)23(43)40-19-12-41(11-18(19)29)25(44)26(46-2,28(33,34)35)15-6-4-3-5-7-15/h3-10,13,18-19H,11-12H2,1-2H3,(H,40,43)(H2,36,38,39)/t18-,19+,26-/m0/s1. The van der Waals surface area contributed by atoms with Crippen LogP contribution in [-0.4, -0.2) is 82.0 Å². The zero-order valence-corrected chi connectivity index (χ0v) is 23.9. The molecule has 0 bridgehead atoms. The zero-order valence-electron chi connectivity index (χ0n) is 23.9. The van der Waals surface area contributed by atoms with Crippen LogP contribution in [0, 0.1) is 0 Å². The molecular formula is C28H24F7N7O4. The van der Waals surface area contributed by atoms with E-state index in [0.717, 1.165) is 48.4 Å². The smallest absolute Gasteiger partial charge is 0.430 e. The largest absolute Gasteiger partial charge is 0.480 e. The summed E-state index contributed by atoms with van der Waals surface area (Å²) >= 11 is 0. The average molecular weight is 656 g/mol. The molecule has 3 atom stereocenters. The molecule has 1 saturated heterocycles. The van der Waals surface area contributed by atoms with E-state index in [2.05, 4.69) is 20.4 Å². The number of alkyl halides is 7. The number of carbonyl (C=O) groups is 2. The van der Waals surface area contributed by atoms with Gasteiger partial charge in [0.25, 0.3) is 17.4 Å². The normalized spacial score (nSPS) is 18.4. The molecule has 18 heteroatoms. The molecule has 2 amide bonds. The SMILES string of the molecule is COc1ncc(-c2cc(C(F)(F)F)c3c(N)ncnn23)cc1C(=O)N[C@@H]1CN(C(=O)[C@@](OC)(c2ccccc2)C(F)(F)F)C[C@@H]1F. The number of carbonyl (C=O) groups excluding carboxylic acids is 2. The number of anilines is 1. The Bertz CT molecular complexity index is 1780. The Balaban J connectivity index is 1.45. The number of pyridine rings is 1. The number of benzene rings is 1. The Morgan fingerprint density at radius 2 is 1.72 bits per heavy atom. The summed E-state index contributed by atoms with van der Waals surface area (Å²) in [5, 5.41) is 6.17. The topological polar surface area (TPSA) is 137 Å². The maximum Gasteiger partial charge on any atom is 0.430 e. The van der Waals surface area contributed by atoms with Crippen LogP contribution in [-0.2, 0) is 21.3 Å². The van der Waals surface area contributed by atoms with Gasteiger partial charge in [0.1, 0.15) is 23.6 Å². The molecule has 1 aromatic carbocycles. The number of hydrogen-bond donors (Lipinski definition) is 2. The van der Waals surface area contributed by atoms with Crippen molar-refractivity contribution in [1.29, 1.82) is 0 Å². The fourth-order valence-corrected chi connectivity index (χ4v) is 5.34. The molecule has 46 heavy (non-hydrogen) atoms. The van der Waals surface area contributed by atoms with Gasteiger partial charge in [-0.3, -0.25) is 9.59 Å². The average Bonchev–Trinajstić information content (AvgIpc) is 3.59. The first kappa shape index (κ1) is 32.4. The lowest BCUT2D eigenvalue weighted by Gasteiger charge is -2.36. The first-order valence-electron chi connectivity index (χ1n) is 13.3. The monoisotopic (exact) mass is 655 g/mol. The van der Waals surface area contributed by atoms with Gasteiger partial charge in [0, 0.05) is 31.0 Å². The van der Waals surface area contributed by atoms with E-state index in [1.54, 1.807) is 0 Å². The number of nitrogen functional groups attached to an aromatic ring is 1. The van der Waals surface area contributed by atoms with Gasteiger partial charge in [-0.1, -0.05) is 30.3 Å². The quantitative estimate of drug-likeness (QED) is 0.287. The Morgan fingerprint density at radius 1 is 1.02 bits per heavy atom. The second-order valence-corrected chi connectivity index (χ2v) is 10.2. The van der Waals surface area contributed by atoms with E-state index in [4.69, 9.17) is 15.2 Å². The summed E-state index contributed by atoms with van der Waals surface area (Å²) in [6.07, 6.45) is -10.1. The highest BCUT2D eigenvalue weighted by Crippen LogP contribution is 2.44. The van der Waals surface area contributed by atoms with Gasteiger partial charge in [-0.2, -0.15) is 31.4 Å². The third-order valence-electron chi connectivity index (χ3n) is 7.51. The molecular weight excluding hydrogens is 631 g/mol. The molecule has 0 saturated carbocycles. The van der Waals surface area contributed by atoms with Crippen LogP contribution in [0.4, 0.5) is 36.6 Å². The van der Waals surface area contributed by atoms with Gasteiger partial charge in [-0.25, -0.2) is 18.9 Å². The highest BCUT2D eigenvalue weighted by Gasteiger charge is 2.64. The van der Waals surface area contributed by atoms with Crippen molar-refractivity contribution in [2.24, 2.45) is 0 Å². The van der Waals surface area contributed by atoms with E-state index >= 15 is 4.39 Å². The molecule has 11 nitrogen and oxygen atoms in total. The lowest BCUT2D eigenvalue weighted by Crippen LogP contribution is -2.56. The maximum absolute atomic E-state index is 15.2. The molecule has 4 heterocycles. The maximum atomic E-state index is 15.2. The summed E-state index contributed by atoms with van der Waals surface area (Å²) in [5.74, 6) is -3.38. The number of halogens is 7. The van der Waals surface area contributed by atoms with Crippen LogP contribution in [0.5, 0.6) is 5.88 Å². The molecule has 0 spiro atoms. The Morgan fingerprint density at radius 3 is 2.33 bits per heavy atom. The number of hydrogen-bond acceptors (Lipinski definition) is 8. The van der Waals surface area contributed by atoms with Gasteiger partial charge in [0.15, 0.2) is 5.82 Å². The van der Waals surface area contributed by atoms with E-state index in [0.29, 0.717) is 12.0 Å². The number of nitrogens with zero attached hydrogens (tertiary/aromatic N) is 5. The molecule has 0 radical (unpaired) electrons. The second-order valence-electron chi connectivity index (χ2n) is 10.2. The highest BCUT2D eigenvalue weighted by molar-refractivity contribution is 5.98. The van der Waals surface area contributed by atoms with Crippen molar-refractivity contribution in [1.82, 2.24) is 29.8 Å². The number of likely N-dealkylation sites (tertiary alicyclic amines) is 1. The van der Waals surface area contributed by atoms with Gasteiger partial charge in [0.2, 0.25) is 5.88 Å². The van der Waals surface area contributed by atoms with E-state index in [1.165, 1.54) is 18.2 Å². The van der Waals surface area contributed by atoms with E-state index in [9.17, 15) is 35.9 Å². The van der Waals surface area contributed by atoms with Crippen LogP contribution in [0.25, 0.3) is 16.8 Å². The van der Waals surface area contributed by atoms with Gasteiger partial charge in [-0.15, -0.1) is 0 Å². The summed E-state index contributed by atoms with van der Waals surface area (Å²) in [7, 11) is 1.86. The molecule has 3 N–H and O–H groups in total. The zero-order chi connectivity index (χ0) is 33.6. The van der Waals surface area contributed by atoms with Crippen molar-refractivity contribution in [2.75, 3.05) is 33.0 Å². The second kappa shape index (κ2) is 11.7. The number of rotatable bonds is 7. The fraction of sp³-hybridized carbons (Fsp3) is 0.321. The lowest BCUT2D eigenvalue weighted by molar-refractivity contribution is -0.270. The predicted molar refractivity (Wildman–Crippen MR) is 146 cm³/mol. The van der Waals surface area contributed by atoms with Crippen molar-refractivity contribution in [3.8, 4) is 17.1 Å². The van der Waals surface area contributed by atoms with Gasteiger partial charge < -0.3 is 25.4 Å². The highest BCUT2D eigenvalue weighted by atomic mass is 19.4. The summed E-state index contributed by atoms with van der Waals surface area (Å²) in [5.41, 5.74) is -0.547. The third kappa shape index (κ3) is 5.41. The number of nitrogens with two attached hydrogens (primary N) is 1. The molecule has 244 valence electrons. The minimum Gasteiger partial charge on any atom is -0.480 e. The minimum absolute atomic E-state index is 0.0486. The number of ether oxygens (including phenoxy) is 2. The lowest BCUT2D eigenvalue weighted by atomic mass is 9.91. The summed E-state index contributed by atoms with van der Waals surface area (Å²) in [6, 6.07) is 6.48. The molecule has 3 aromatic heterocycles. The van der Waals surface area contributed by atoms with E-state index < -0.39 is 77.5 Å². The molecule has 1 fully saturated rings. The summed E-state index contributed by atoms with van der Waals surface area (Å²) in [6.45, 7) is -1.46. The summed E-state index contributed by atoms with van der Waals surface area (Å²) < 4.78 is 111. The van der Waals surface area contributed by atoms with Crippen molar-refractivity contribution in [3.05, 3.63) is 71.7 Å². The number of fused-ring (bicyclic) bond motifs is 1. The van der Waals surface area contributed by atoms with Crippen molar-refractivity contribution in [3.63, 3.8) is 0 Å². The van der Waals surface area contributed by atoms with Crippen LogP contribution >= 0.6 is 0 Å². The molecule has 1 aliphatic heterocycles. The number of aromatic nitrogens is 4. The van der Waals surface area contributed by atoms with Crippen LogP contribution in [0.1, 0.15) is 21.5 Å². The van der Waals surface area contributed by atoms with Crippen LogP contribution in [0.3, 0.4) is 0 Å². The first-order valence-corrected chi connectivity index (χ1v) is 13.3. The van der Waals surface area contributed by atoms with Crippen molar-refractivity contribution < 1.29 is 49.8 Å². The first-order chi connectivity index (χ1) is 21.6. The van der Waals surface area contributed by atoms with Crippen LogP contribution in [0.2, 0.25) is 0 Å². The Labute approximate surface area is 255 Å². The van der Waals surface area contributed by atoms with Gasteiger partial charge in [0.05, 0.1) is 31.0 Å². The minimum atomic E-state index is -5.24. The third-order valence-corrected chi connectivity index (χ3v) is 7.51. The number of methoxy groups -OCH3 is 2.